The van der Waals surface area contributed by atoms with Crippen molar-refractivity contribution in [3.8, 4) is 0 Å². The normalized spacial score (nSPS) is 30.4. The maximum atomic E-state index is 11.4. The lowest BCUT2D eigenvalue weighted by Gasteiger charge is -2.07. The number of ether oxygens (including phenoxy) is 2. The van der Waals surface area contributed by atoms with Crippen molar-refractivity contribution in [3.05, 3.63) is 0 Å². The third-order valence-corrected chi connectivity index (χ3v) is 3.08. The minimum absolute atomic E-state index is 0. The summed E-state index contributed by atoms with van der Waals surface area (Å²) in [7, 11) is 1.61. The van der Waals surface area contributed by atoms with Gasteiger partial charge in [-0.3, -0.25) is 4.79 Å². The first-order valence-corrected chi connectivity index (χ1v) is 5.39. The predicted octanol–water partition coefficient (Wildman–Crippen LogP) is -0.595. The van der Waals surface area contributed by atoms with Crippen LogP contribution in [-0.4, -0.2) is 52.0 Å². The fraction of sp³-hybridized carbons (Fsp3) is 0.900. The second-order valence-corrected chi connectivity index (χ2v) is 4.12. The van der Waals surface area contributed by atoms with E-state index in [1.54, 1.807) is 7.11 Å². The molecule has 1 aliphatic carbocycles. The molecule has 5 nitrogen and oxygen atoms in total. The van der Waals surface area contributed by atoms with Gasteiger partial charge in [-0.1, -0.05) is 0 Å². The number of halogens is 1. The molecule has 0 aromatic rings. The van der Waals surface area contributed by atoms with E-state index in [9.17, 15) is 4.79 Å². The van der Waals surface area contributed by atoms with E-state index in [1.165, 1.54) is 0 Å². The molecular weight excluding hydrogens is 232 g/mol. The third-order valence-electron chi connectivity index (χ3n) is 3.08. The van der Waals surface area contributed by atoms with Crippen LogP contribution < -0.4 is 10.6 Å². The molecule has 2 unspecified atom stereocenters. The van der Waals surface area contributed by atoms with E-state index >= 15 is 0 Å². The number of rotatable bonds is 6. The van der Waals surface area contributed by atoms with Crippen LogP contribution in [0, 0.1) is 11.8 Å². The molecule has 2 fully saturated rings. The van der Waals surface area contributed by atoms with Crippen LogP contribution in [0.3, 0.4) is 0 Å². The molecule has 2 rings (SSSR count). The summed E-state index contributed by atoms with van der Waals surface area (Å²) in [6, 6.07) is 0.393. The highest BCUT2D eigenvalue weighted by atomic mass is 35.5. The molecule has 1 aliphatic heterocycles. The van der Waals surface area contributed by atoms with Crippen LogP contribution in [0.1, 0.15) is 0 Å². The maximum absolute atomic E-state index is 11.4. The first-order chi connectivity index (χ1) is 7.33. The summed E-state index contributed by atoms with van der Waals surface area (Å²) in [5, 5.41) is 6.27. The second-order valence-electron chi connectivity index (χ2n) is 4.12. The number of hydrogen-bond donors (Lipinski definition) is 2. The second kappa shape index (κ2) is 6.39. The number of hydrogen-bond acceptors (Lipinski definition) is 4. The lowest BCUT2D eigenvalue weighted by Crippen LogP contribution is -2.35. The standard InChI is InChI=1S/C10H18N2O3.ClH/c1-14-2-3-15-6-9(13)12-10-7-4-11-5-8(7)10;/h7-8,10-11H,2-6H2,1H3,(H,12,13);1H. The van der Waals surface area contributed by atoms with Gasteiger partial charge in [-0.2, -0.15) is 0 Å². The van der Waals surface area contributed by atoms with Crippen molar-refractivity contribution in [2.45, 2.75) is 6.04 Å². The topological polar surface area (TPSA) is 59.6 Å². The quantitative estimate of drug-likeness (QED) is 0.619. The minimum atomic E-state index is -0.00879. The van der Waals surface area contributed by atoms with Gasteiger partial charge in [-0.05, 0) is 11.8 Å². The zero-order valence-electron chi connectivity index (χ0n) is 9.40. The number of fused-ring (bicyclic) bond motifs is 1. The van der Waals surface area contributed by atoms with Gasteiger partial charge in [0.15, 0.2) is 0 Å². The first-order valence-electron chi connectivity index (χ1n) is 5.39. The van der Waals surface area contributed by atoms with Gasteiger partial charge in [0.05, 0.1) is 13.2 Å². The first kappa shape index (κ1) is 13.7. The van der Waals surface area contributed by atoms with E-state index in [0.717, 1.165) is 13.1 Å². The molecule has 1 saturated heterocycles. The fourth-order valence-corrected chi connectivity index (χ4v) is 2.17. The highest BCUT2D eigenvalue weighted by Gasteiger charge is 2.53. The van der Waals surface area contributed by atoms with Crippen molar-refractivity contribution in [1.82, 2.24) is 10.6 Å². The van der Waals surface area contributed by atoms with Crippen molar-refractivity contribution < 1.29 is 14.3 Å². The molecule has 2 aliphatic rings. The molecule has 2 atom stereocenters. The van der Waals surface area contributed by atoms with Crippen molar-refractivity contribution in [1.29, 1.82) is 0 Å². The SMILES string of the molecule is COCCOCC(=O)NC1C2CNCC21.Cl. The van der Waals surface area contributed by atoms with Gasteiger partial charge in [-0.15, -0.1) is 12.4 Å². The Morgan fingerprint density at radius 3 is 2.69 bits per heavy atom. The summed E-state index contributed by atoms with van der Waals surface area (Å²) >= 11 is 0. The number of amides is 1. The average Bonchev–Trinajstić information content (AvgIpc) is 2.69. The summed E-state index contributed by atoms with van der Waals surface area (Å²) < 4.78 is 9.95. The summed E-state index contributed by atoms with van der Waals surface area (Å²) in [6.07, 6.45) is 0. The van der Waals surface area contributed by atoms with Crippen LogP contribution in [0.5, 0.6) is 0 Å². The van der Waals surface area contributed by atoms with Crippen molar-refractivity contribution >= 4 is 18.3 Å². The number of carbonyl (C=O) groups excluding carboxylic acids is 1. The summed E-state index contributed by atoms with van der Waals surface area (Å²) in [5.41, 5.74) is 0. The molecule has 2 N–H and O–H groups in total. The molecule has 94 valence electrons. The van der Waals surface area contributed by atoms with E-state index in [2.05, 4.69) is 10.6 Å². The molecule has 6 heteroatoms. The van der Waals surface area contributed by atoms with Gasteiger partial charge in [-0.25, -0.2) is 0 Å². The fourth-order valence-electron chi connectivity index (χ4n) is 2.17. The van der Waals surface area contributed by atoms with Gasteiger partial charge in [0.25, 0.3) is 0 Å². The molecular formula is C10H19ClN2O3. The smallest absolute Gasteiger partial charge is 0.246 e. The molecule has 1 saturated carbocycles. The molecule has 1 amide bonds. The Labute approximate surface area is 102 Å². The van der Waals surface area contributed by atoms with Gasteiger partial charge >= 0.3 is 0 Å². The molecule has 0 aromatic heterocycles. The molecule has 0 aromatic carbocycles. The van der Waals surface area contributed by atoms with Crippen LogP contribution in [-0.2, 0) is 14.3 Å². The van der Waals surface area contributed by atoms with Gasteiger partial charge < -0.3 is 20.1 Å². The third kappa shape index (κ3) is 3.31. The zero-order valence-corrected chi connectivity index (χ0v) is 10.2. The highest BCUT2D eigenvalue weighted by Crippen LogP contribution is 2.41. The lowest BCUT2D eigenvalue weighted by molar-refractivity contribution is -0.126. The molecule has 0 radical (unpaired) electrons. The number of piperidine rings is 1. The van der Waals surface area contributed by atoms with Gasteiger partial charge in [0.1, 0.15) is 6.61 Å². The van der Waals surface area contributed by atoms with E-state index in [1.807, 2.05) is 0 Å². The Morgan fingerprint density at radius 2 is 2.06 bits per heavy atom. The van der Waals surface area contributed by atoms with Crippen LogP contribution in [0.2, 0.25) is 0 Å². The van der Waals surface area contributed by atoms with Crippen LogP contribution in [0.15, 0.2) is 0 Å². The van der Waals surface area contributed by atoms with Crippen molar-refractivity contribution in [2.24, 2.45) is 11.8 Å². The summed E-state index contributed by atoms with van der Waals surface area (Å²) in [4.78, 5) is 11.4. The van der Waals surface area contributed by atoms with E-state index in [4.69, 9.17) is 9.47 Å². The number of methoxy groups -OCH3 is 1. The highest BCUT2D eigenvalue weighted by molar-refractivity contribution is 5.85. The lowest BCUT2D eigenvalue weighted by atomic mass is 10.4. The van der Waals surface area contributed by atoms with E-state index < -0.39 is 0 Å². The number of nitrogens with one attached hydrogen (secondary N) is 2. The molecule has 0 spiro atoms. The van der Waals surface area contributed by atoms with Gasteiger partial charge in [0, 0.05) is 26.2 Å². The Kier molecular flexibility index (Phi) is 5.48. The minimum Gasteiger partial charge on any atom is -0.382 e. The predicted molar refractivity (Wildman–Crippen MR) is 61.7 cm³/mol. The van der Waals surface area contributed by atoms with Crippen molar-refractivity contribution in [2.75, 3.05) is 40.0 Å². The van der Waals surface area contributed by atoms with E-state index in [-0.39, 0.29) is 24.9 Å². The number of carbonyl (C=O) groups is 1. The Morgan fingerprint density at radius 1 is 1.38 bits per heavy atom. The monoisotopic (exact) mass is 250 g/mol. The van der Waals surface area contributed by atoms with Crippen molar-refractivity contribution in [3.63, 3.8) is 0 Å². The summed E-state index contributed by atoms with van der Waals surface area (Å²) in [6.45, 7) is 3.24. The zero-order chi connectivity index (χ0) is 10.7. The summed E-state index contributed by atoms with van der Waals surface area (Å²) in [5.74, 6) is 1.31. The largest absolute Gasteiger partial charge is 0.382 e. The van der Waals surface area contributed by atoms with E-state index in [0.29, 0.717) is 31.1 Å². The van der Waals surface area contributed by atoms with Crippen LogP contribution >= 0.6 is 12.4 Å². The molecule has 1 heterocycles. The Bertz CT molecular complexity index is 230. The Balaban J connectivity index is 0.00000128. The van der Waals surface area contributed by atoms with Crippen LogP contribution in [0.25, 0.3) is 0 Å². The van der Waals surface area contributed by atoms with Gasteiger partial charge in [0.2, 0.25) is 5.91 Å². The average molecular weight is 251 g/mol. The maximum Gasteiger partial charge on any atom is 0.246 e. The molecule has 0 bridgehead atoms. The molecule has 16 heavy (non-hydrogen) atoms. The Hall–Kier alpha value is -0.360. The van der Waals surface area contributed by atoms with Crippen LogP contribution in [0.4, 0.5) is 0 Å².